The van der Waals surface area contributed by atoms with Crippen LogP contribution in [-0.2, 0) is 9.53 Å². The summed E-state index contributed by atoms with van der Waals surface area (Å²) < 4.78 is 11.1. The fourth-order valence-electron chi connectivity index (χ4n) is 2.11. The molecule has 0 saturated carbocycles. The molecule has 0 N–H and O–H groups in total. The zero-order chi connectivity index (χ0) is 14.1. The first-order valence-electron chi connectivity index (χ1n) is 6.39. The third kappa shape index (κ3) is 2.51. The molecule has 0 radical (unpaired) electrons. The lowest BCUT2D eigenvalue weighted by Crippen LogP contribution is -2.05. The lowest BCUT2D eigenvalue weighted by Gasteiger charge is -2.21. The third-order valence-corrected chi connectivity index (χ3v) is 4.17. The van der Waals surface area contributed by atoms with Crippen molar-refractivity contribution in [2.45, 2.75) is 29.7 Å². The molecule has 20 heavy (non-hydrogen) atoms. The van der Waals surface area contributed by atoms with Gasteiger partial charge in [-0.05, 0) is 36.8 Å². The van der Waals surface area contributed by atoms with Crippen LogP contribution < -0.4 is 4.74 Å². The van der Waals surface area contributed by atoms with Crippen LogP contribution in [0.2, 0.25) is 0 Å². The lowest BCUT2D eigenvalue weighted by molar-refractivity contribution is -0.145. The summed E-state index contributed by atoms with van der Waals surface area (Å²) in [5.74, 6) is 1.45. The van der Waals surface area contributed by atoms with Crippen LogP contribution in [0.4, 0.5) is 0 Å². The van der Waals surface area contributed by atoms with E-state index in [-0.39, 0.29) is 12.1 Å². The van der Waals surface area contributed by atoms with Crippen molar-refractivity contribution in [3.8, 4) is 11.5 Å². The van der Waals surface area contributed by atoms with E-state index in [0.717, 1.165) is 26.9 Å². The smallest absolute Gasteiger partial charge is 0.303 e. The minimum absolute atomic E-state index is 0.254. The molecule has 4 heteroatoms. The Kier molecular flexibility index (Phi) is 3.40. The number of carbonyl (C=O) groups is 1. The molecule has 0 saturated heterocycles. The van der Waals surface area contributed by atoms with Crippen molar-refractivity contribution < 1.29 is 14.3 Å². The molecule has 0 fully saturated rings. The molecule has 2 aromatic rings. The van der Waals surface area contributed by atoms with Gasteiger partial charge >= 0.3 is 5.97 Å². The molecule has 3 nitrogen and oxygen atoms in total. The minimum atomic E-state index is -0.274. The molecule has 0 aliphatic carbocycles. The van der Waals surface area contributed by atoms with Crippen molar-refractivity contribution >= 4 is 17.7 Å². The Bertz CT molecular complexity index is 667. The number of hydrogen-bond donors (Lipinski definition) is 0. The van der Waals surface area contributed by atoms with Gasteiger partial charge in [-0.15, -0.1) is 0 Å². The van der Waals surface area contributed by atoms with Gasteiger partial charge in [0.1, 0.15) is 17.6 Å². The summed E-state index contributed by atoms with van der Waals surface area (Å²) >= 11 is 1.67. The second kappa shape index (κ2) is 5.21. The van der Waals surface area contributed by atoms with Gasteiger partial charge < -0.3 is 9.47 Å². The minimum Gasteiger partial charge on any atom is -0.458 e. The van der Waals surface area contributed by atoms with Crippen LogP contribution in [0.15, 0.2) is 52.3 Å². The zero-order valence-electron chi connectivity index (χ0n) is 11.3. The van der Waals surface area contributed by atoms with E-state index in [1.54, 1.807) is 11.8 Å². The largest absolute Gasteiger partial charge is 0.458 e. The highest BCUT2D eigenvalue weighted by Gasteiger charge is 2.19. The van der Waals surface area contributed by atoms with E-state index in [1.807, 2.05) is 49.4 Å². The molecule has 0 spiro atoms. The number of ether oxygens (including phenoxy) is 2. The summed E-state index contributed by atoms with van der Waals surface area (Å²) in [6.45, 7) is 3.29. The van der Waals surface area contributed by atoms with E-state index in [9.17, 15) is 4.79 Å². The zero-order valence-corrected chi connectivity index (χ0v) is 12.1. The van der Waals surface area contributed by atoms with Gasteiger partial charge in [-0.3, -0.25) is 4.79 Å². The quantitative estimate of drug-likeness (QED) is 0.647. The van der Waals surface area contributed by atoms with Gasteiger partial charge in [0.05, 0.1) is 9.79 Å². The summed E-state index contributed by atoms with van der Waals surface area (Å²) in [6, 6.07) is 13.8. The predicted molar refractivity (Wildman–Crippen MR) is 77.3 cm³/mol. The van der Waals surface area contributed by atoms with E-state index in [4.69, 9.17) is 9.47 Å². The molecule has 0 amide bonds. The van der Waals surface area contributed by atoms with Gasteiger partial charge in [0, 0.05) is 6.92 Å². The Morgan fingerprint density at radius 1 is 1.15 bits per heavy atom. The fraction of sp³-hybridized carbons (Fsp3) is 0.188. The molecule has 3 rings (SSSR count). The van der Waals surface area contributed by atoms with Gasteiger partial charge in [0.25, 0.3) is 0 Å². The standard InChI is InChI=1S/C16H14O3S/c1-10(18-11(2)17)12-7-8-14-16(9-12)20-15-6-4-3-5-13(15)19-14/h3-10H,1-2H3. The Morgan fingerprint density at radius 2 is 1.90 bits per heavy atom. The topological polar surface area (TPSA) is 35.5 Å². The van der Waals surface area contributed by atoms with E-state index >= 15 is 0 Å². The lowest BCUT2D eigenvalue weighted by atomic mass is 10.1. The molecule has 0 bridgehead atoms. The predicted octanol–water partition coefficient (Wildman–Crippen LogP) is 4.57. The molecule has 1 aliphatic rings. The van der Waals surface area contributed by atoms with Gasteiger partial charge in [-0.1, -0.05) is 30.0 Å². The summed E-state index contributed by atoms with van der Waals surface area (Å²) in [5.41, 5.74) is 0.967. The number of benzene rings is 2. The first kappa shape index (κ1) is 13.1. The van der Waals surface area contributed by atoms with Crippen LogP contribution in [0.3, 0.4) is 0 Å². The van der Waals surface area contributed by atoms with Crippen molar-refractivity contribution in [3.05, 3.63) is 48.0 Å². The maximum Gasteiger partial charge on any atom is 0.303 e. The average molecular weight is 286 g/mol. The number of fused-ring (bicyclic) bond motifs is 2. The Hall–Kier alpha value is -1.94. The third-order valence-electron chi connectivity index (χ3n) is 3.07. The highest BCUT2D eigenvalue weighted by atomic mass is 32.2. The number of carbonyl (C=O) groups excluding carboxylic acids is 1. The number of hydrogen-bond acceptors (Lipinski definition) is 4. The van der Waals surface area contributed by atoms with Gasteiger partial charge in [-0.2, -0.15) is 0 Å². The summed E-state index contributed by atoms with van der Waals surface area (Å²) in [5, 5.41) is 0. The van der Waals surface area contributed by atoms with Crippen molar-refractivity contribution in [3.63, 3.8) is 0 Å². The summed E-state index contributed by atoms with van der Waals surface area (Å²) in [6.07, 6.45) is -0.254. The van der Waals surface area contributed by atoms with Crippen molar-refractivity contribution in [2.75, 3.05) is 0 Å². The molecule has 102 valence electrons. The van der Waals surface area contributed by atoms with Crippen molar-refractivity contribution in [1.29, 1.82) is 0 Å². The number of rotatable bonds is 2. The molecule has 2 aromatic carbocycles. The number of para-hydroxylation sites is 1. The van der Waals surface area contributed by atoms with Crippen molar-refractivity contribution in [2.24, 2.45) is 0 Å². The van der Waals surface area contributed by atoms with E-state index < -0.39 is 0 Å². The highest BCUT2D eigenvalue weighted by molar-refractivity contribution is 7.99. The number of esters is 1. The molecule has 1 aliphatic heterocycles. The maximum atomic E-state index is 11.0. The van der Waals surface area contributed by atoms with Crippen LogP contribution in [0.1, 0.15) is 25.5 Å². The van der Waals surface area contributed by atoms with Crippen LogP contribution in [-0.4, -0.2) is 5.97 Å². The second-order valence-electron chi connectivity index (χ2n) is 4.61. The van der Waals surface area contributed by atoms with Gasteiger partial charge in [-0.25, -0.2) is 0 Å². The van der Waals surface area contributed by atoms with Crippen molar-refractivity contribution in [1.82, 2.24) is 0 Å². The van der Waals surface area contributed by atoms with Crippen LogP contribution in [0.5, 0.6) is 11.5 Å². The Morgan fingerprint density at radius 3 is 2.70 bits per heavy atom. The molecular formula is C16H14O3S. The highest BCUT2D eigenvalue weighted by Crippen LogP contribution is 2.47. The van der Waals surface area contributed by atoms with Crippen LogP contribution in [0.25, 0.3) is 0 Å². The fourth-order valence-corrected chi connectivity index (χ4v) is 3.11. The Labute approximate surface area is 121 Å². The molecule has 0 aromatic heterocycles. The SMILES string of the molecule is CC(=O)OC(C)c1ccc2c(c1)Sc1ccccc1O2. The first-order valence-corrected chi connectivity index (χ1v) is 7.21. The molecule has 1 atom stereocenters. The van der Waals surface area contributed by atoms with Gasteiger partial charge in [0.2, 0.25) is 0 Å². The normalized spacial score (nSPS) is 13.7. The van der Waals surface area contributed by atoms with E-state index in [0.29, 0.717) is 0 Å². The average Bonchev–Trinajstić information content (AvgIpc) is 2.43. The molecule has 1 heterocycles. The second-order valence-corrected chi connectivity index (χ2v) is 5.69. The van der Waals surface area contributed by atoms with E-state index in [2.05, 4.69) is 0 Å². The monoisotopic (exact) mass is 286 g/mol. The summed E-state index contributed by atoms with van der Waals surface area (Å²) in [4.78, 5) is 13.2. The summed E-state index contributed by atoms with van der Waals surface area (Å²) in [7, 11) is 0. The van der Waals surface area contributed by atoms with Crippen LogP contribution >= 0.6 is 11.8 Å². The maximum absolute atomic E-state index is 11.0. The first-order chi connectivity index (χ1) is 9.63. The molecule has 1 unspecified atom stereocenters. The van der Waals surface area contributed by atoms with E-state index in [1.165, 1.54) is 6.92 Å². The van der Waals surface area contributed by atoms with Crippen LogP contribution in [0, 0.1) is 0 Å². The molecular weight excluding hydrogens is 272 g/mol. The Balaban J connectivity index is 1.90. The van der Waals surface area contributed by atoms with Gasteiger partial charge in [0.15, 0.2) is 0 Å².